The Morgan fingerprint density at radius 1 is 0.897 bits per heavy atom. The number of aryl methyl sites for hydroxylation is 3. The molecule has 1 aliphatic rings. The first-order valence-corrected chi connectivity index (χ1v) is 13.1. The summed E-state index contributed by atoms with van der Waals surface area (Å²) in [4.78, 5) is 33.4. The number of ketones is 1. The summed E-state index contributed by atoms with van der Waals surface area (Å²) < 4.78 is 17.5. The molecular weight excluding hydrogens is 516 g/mol. The molecule has 39 heavy (non-hydrogen) atoms. The lowest BCUT2D eigenvalue weighted by molar-refractivity contribution is -0.132. The molecule has 1 saturated heterocycles. The van der Waals surface area contributed by atoms with Crippen LogP contribution < -0.4 is 19.1 Å². The largest absolute Gasteiger partial charge is 0.507 e. The van der Waals surface area contributed by atoms with Crippen molar-refractivity contribution in [2.45, 2.75) is 26.8 Å². The molecule has 200 valence electrons. The van der Waals surface area contributed by atoms with Crippen LogP contribution in [0.25, 0.3) is 16.0 Å². The molecule has 1 unspecified atom stereocenters. The third-order valence-electron chi connectivity index (χ3n) is 6.80. The van der Waals surface area contributed by atoms with Gasteiger partial charge in [-0.2, -0.15) is 0 Å². The Labute approximate surface area is 230 Å². The fourth-order valence-electron chi connectivity index (χ4n) is 4.93. The predicted molar refractivity (Wildman–Crippen MR) is 151 cm³/mol. The maximum atomic E-state index is 13.7. The van der Waals surface area contributed by atoms with Crippen molar-refractivity contribution in [3.8, 4) is 17.2 Å². The van der Waals surface area contributed by atoms with Gasteiger partial charge in [0, 0.05) is 5.56 Å². The van der Waals surface area contributed by atoms with E-state index < -0.39 is 17.7 Å². The Morgan fingerprint density at radius 3 is 2.13 bits per heavy atom. The molecule has 1 N–H and O–H groups in total. The summed E-state index contributed by atoms with van der Waals surface area (Å²) in [5.41, 5.74) is 4.64. The number of thiazole rings is 1. The molecular formula is C30H28N2O6S. The lowest BCUT2D eigenvalue weighted by Crippen LogP contribution is -2.29. The summed E-state index contributed by atoms with van der Waals surface area (Å²) in [6.07, 6.45) is 0. The third-order valence-corrected chi connectivity index (χ3v) is 7.80. The Balaban J connectivity index is 1.80. The minimum Gasteiger partial charge on any atom is -0.507 e. The molecule has 4 aromatic rings. The normalized spacial score (nSPS) is 16.7. The molecule has 1 amide bonds. The second kappa shape index (κ2) is 10.1. The van der Waals surface area contributed by atoms with Gasteiger partial charge in [-0.05, 0) is 55.7 Å². The number of amides is 1. The molecule has 0 spiro atoms. The predicted octanol–water partition coefficient (Wildman–Crippen LogP) is 5.87. The van der Waals surface area contributed by atoms with Crippen molar-refractivity contribution in [3.63, 3.8) is 0 Å². The number of aliphatic hydroxyl groups excluding tert-OH is 1. The second-order valence-corrected chi connectivity index (χ2v) is 10.4. The molecule has 3 aromatic carbocycles. The first-order chi connectivity index (χ1) is 18.7. The fraction of sp³-hybridized carbons (Fsp3) is 0.233. The molecule has 9 heteroatoms. The summed E-state index contributed by atoms with van der Waals surface area (Å²) in [7, 11) is 4.47. The quantitative estimate of drug-likeness (QED) is 0.184. The van der Waals surface area contributed by atoms with E-state index in [4.69, 9.17) is 19.2 Å². The van der Waals surface area contributed by atoms with E-state index in [1.54, 1.807) is 24.3 Å². The minimum absolute atomic E-state index is 0.0507. The number of benzene rings is 3. The van der Waals surface area contributed by atoms with E-state index in [0.29, 0.717) is 33.5 Å². The highest BCUT2D eigenvalue weighted by Gasteiger charge is 2.48. The zero-order valence-electron chi connectivity index (χ0n) is 22.5. The number of Topliss-reactive ketones (excluding diaryl/α,β-unsaturated/α-hetero) is 1. The van der Waals surface area contributed by atoms with E-state index in [1.165, 1.54) is 37.6 Å². The lowest BCUT2D eigenvalue weighted by Gasteiger charge is -2.24. The molecule has 2 heterocycles. The number of aliphatic hydroxyl groups is 1. The van der Waals surface area contributed by atoms with Crippen molar-refractivity contribution in [2.24, 2.45) is 0 Å². The van der Waals surface area contributed by atoms with Gasteiger partial charge in [-0.15, -0.1) is 0 Å². The van der Waals surface area contributed by atoms with Gasteiger partial charge in [0.15, 0.2) is 16.6 Å². The molecule has 1 fully saturated rings. The van der Waals surface area contributed by atoms with Crippen LogP contribution in [0.5, 0.6) is 17.2 Å². The first-order valence-electron chi connectivity index (χ1n) is 12.2. The van der Waals surface area contributed by atoms with E-state index in [0.717, 1.165) is 26.9 Å². The van der Waals surface area contributed by atoms with Crippen LogP contribution in [0.4, 0.5) is 5.13 Å². The topological polar surface area (TPSA) is 98.2 Å². The summed E-state index contributed by atoms with van der Waals surface area (Å²) in [6.45, 7) is 5.88. The van der Waals surface area contributed by atoms with Crippen LogP contribution >= 0.6 is 11.3 Å². The molecule has 5 rings (SSSR count). The molecule has 0 aliphatic carbocycles. The van der Waals surface area contributed by atoms with Crippen molar-refractivity contribution in [3.05, 3.63) is 81.9 Å². The van der Waals surface area contributed by atoms with Crippen molar-refractivity contribution >= 4 is 44.1 Å². The molecule has 8 nitrogen and oxygen atoms in total. The molecule has 0 saturated carbocycles. The Hall–Kier alpha value is -4.37. The van der Waals surface area contributed by atoms with Crippen molar-refractivity contribution < 1.29 is 28.9 Å². The minimum atomic E-state index is -0.998. The second-order valence-electron chi connectivity index (χ2n) is 9.42. The number of fused-ring (bicyclic) bond motifs is 1. The van der Waals surface area contributed by atoms with Crippen LogP contribution in [0.3, 0.4) is 0 Å². The average Bonchev–Trinajstić information content (AvgIpc) is 3.46. The van der Waals surface area contributed by atoms with Gasteiger partial charge in [-0.25, -0.2) is 4.98 Å². The highest BCUT2D eigenvalue weighted by atomic mass is 32.1. The number of ether oxygens (including phenoxy) is 3. The number of methoxy groups -OCH3 is 3. The highest BCUT2D eigenvalue weighted by Crippen LogP contribution is 2.48. The molecule has 1 aliphatic heterocycles. The number of rotatable bonds is 6. The van der Waals surface area contributed by atoms with Crippen LogP contribution in [-0.2, 0) is 9.59 Å². The van der Waals surface area contributed by atoms with Gasteiger partial charge in [-0.3, -0.25) is 14.5 Å². The summed E-state index contributed by atoms with van der Waals surface area (Å²) in [6, 6.07) is 13.5. The number of aromatic nitrogens is 1. The number of hydrogen-bond donors (Lipinski definition) is 1. The molecule has 1 aromatic heterocycles. The van der Waals surface area contributed by atoms with Gasteiger partial charge < -0.3 is 19.3 Å². The van der Waals surface area contributed by atoms with Crippen LogP contribution in [0.2, 0.25) is 0 Å². The fourth-order valence-corrected chi connectivity index (χ4v) is 6.10. The number of carbonyl (C=O) groups is 2. The molecule has 1 atom stereocenters. The van der Waals surface area contributed by atoms with Gasteiger partial charge in [0.25, 0.3) is 5.78 Å². The molecule has 0 bridgehead atoms. The zero-order chi connectivity index (χ0) is 28.0. The van der Waals surface area contributed by atoms with Crippen molar-refractivity contribution in [1.29, 1.82) is 0 Å². The van der Waals surface area contributed by atoms with Gasteiger partial charge in [0.1, 0.15) is 5.76 Å². The summed E-state index contributed by atoms with van der Waals surface area (Å²) in [5.74, 6) is -0.796. The average molecular weight is 545 g/mol. The summed E-state index contributed by atoms with van der Waals surface area (Å²) in [5, 5.41) is 11.8. The number of nitrogens with zero attached hydrogens (tertiary/aromatic N) is 2. The van der Waals surface area contributed by atoms with E-state index in [2.05, 4.69) is 0 Å². The Morgan fingerprint density at radius 2 is 1.54 bits per heavy atom. The van der Waals surface area contributed by atoms with E-state index in [1.807, 2.05) is 45.0 Å². The third kappa shape index (κ3) is 4.38. The van der Waals surface area contributed by atoms with Gasteiger partial charge in [0.05, 0.1) is 43.2 Å². The monoisotopic (exact) mass is 544 g/mol. The number of hydrogen-bond acceptors (Lipinski definition) is 8. The van der Waals surface area contributed by atoms with E-state index in [9.17, 15) is 14.7 Å². The van der Waals surface area contributed by atoms with Crippen LogP contribution in [0, 0.1) is 20.8 Å². The number of anilines is 1. The van der Waals surface area contributed by atoms with Gasteiger partial charge >= 0.3 is 5.91 Å². The Kier molecular flexibility index (Phi) is 6.78. The van der Waals surface area contributed by atoms with Gasteiger partial charge in [0.2, 0.25) is 5.75 Å². The highest BCUT2D eigenvalue weighted by molar-refractivity contribution is 7.22. The van der Waals surface area contributed by atoms with Crippen molar-refractivity contribution in [1.82, 2.24) is 4.98 Å². The zero-order valence-corrected chi connectivity index (χ0v) is 23.3. The standard InChI is InChI=1S/C30H28N2O6S/c1-15-7-9-18(10-8-15)26(33)23-25(19-13-20(36-4)28(38-6)21(14-19)37-5)32(29(35)27(23)34)30-31-24-17(3)11-16(2)12-22(24)39-30/h7-14,25,33H,1-6H3. The molecule has 0 radical (unpaired) electrons. The van der Waals surface area contributed by atoms with E-state index >= 15 is 0 Å². The van der Waals surface area contributed by atoms with Crippen LogP contribution in [0.15, 0.2) is 54.1 Å². The lowest BCUT2D eigenvalue weighted by atomic mass is 9.94. The maximum absolute atomic E-state index is 13.7. The van der Waals surface area contributed by atoms with Crippen molar-refractivity contribution in [2.75, 3.05) is 26.2 Å². The summed E-state index contributed by atoms with van der Waals surface area (Å²) >= 11 is 1.32. The van der Waals surface area contributed by atoms with Crippen LogP contribution in [0.1, 0.15) is 33.9 Å². The maximum Gasteiger partial charge on any atom is 0.301 e. The van der Waals surface area contributed by atoms with Crippen LogP contribution in [-0.4, -0.2) is 43.1 Å². The SMILES string of the molecule is COc1cc(C2C(=C(O)c3ccc(C)cc3)C(=O)C(=O)N2c2nc3c(C)cc(C)cc3s2)cc(OC)c1OC. The first kappa shape index (κ1) is 26.2. The number of carbonyl (C=O) groups excluding carboxylic acids is 2. The van der Waals surface area contributed by atoms with Gasteiger partial charge in [-0.1, -0.05) is 47.2 Å². The smallest absolute Gasteiger partial charge is 0.301 e. The Bertz CT molecular complexity index is 1630. The van der Waals surface area contributed by atoms with E-state index in [-0.39, 0.29) is 11.3 Å².